The average Bonchev–Trinajstić information content (AvgIpc) is 2.84. The second kappa shape index (κ2) is 10.1. The van der Waals surface area contributed by atoms with Crippen molar-refractivity contribution in [3.8, 4) is 5.75 Å². The predicted molar refractivity (Wildman–Crippen MR) is 108 cm³/mol. The van der Waals surface area contributed by atoms with Gasteiger partial charge in [-0.15, -0.1) is 0 Å². The number of carbonyl (C=O) groups excluding carboxylic acids is 1. The van der Waals surface area contributed by atoms with E-state index in [-0.39, 0.29) is 6.61 Å². The lowest BCUT2D eigenvalue weighted by molar-refractivity contribution is -0.0174. The standard InChI is InChI=1S/C22H35NO5/c1-21(2,3)28-20(25)23-14-11-19(24)17-9-8-10-18(15-17)27-16-22(26)12-6-4-5-7-13-22/h8-10,15,19,24,26H,4-7,11-14,16H2,1-3H3,(H,23,25). The van der Waals surface area contributed by atoms with Gasteiger partial charge in [0.1, 0.15) is 18.0 Å². The number of alkyl carbamates (subject to hydrolysis) is 1. The van der Waals surface area contributed by atoms with E-state index >= 15 is 0 Å². The van der Waals surface area contributed by atoms with Crippen molar-refractivity contribution in [1.82, 2.24) is 5.32 Å². The Morgan fingerprint density at radius 1 is 1.21 bits per heavy atom. The topological polar surface area (TPSA) is 88.0 Å². The molecule has 3 N–H and O–H groups in total. The first-order chi connectivity index (χ1) is 13.2. The monoisotopic (exact) mass is 393 g/mol. The third-order valence-corrected chi connectivity index (χ3v) is 4.87. The summed E-state index contributed by atoms with van der Waals surface area (Å²) in [4.78, 5) is 11.7. The summed E-state index contributed by atoms with van der Waals surface area (Å²) >= 11 is 0. The number of nitrogens with one attached hydrogen (secondary N) is 1. The lowest BCUT2D eigenvalue weighted by Gasteiger charge is -2.26. The van der Waals surface area contributed by atoms with Crippen LogP contribution in [0.1, 0.15) is 77.4 Å². The molecule has 1 aromatic rings. The fraction of sp³-hybridized carbons (Fsp3) is 0.682. The largest absolute Gasteiger partial charge is 0.491 e. The summed E-state index contributed by atoms with van der Waals surface area (Å²) in [6.45, 7) is 5.99. The number of benzene rings is 1. The van der Waals surface area contributed by atoms with Gasteiger partial charge in [0.15, 0.2) is 0 Å². The first kappa shape index (κ1) is 22.5. The lowest BCUT2D eigenvalue weighted by Crippen LogP contribution is -2.35. The maximum Gasteiger partial charge on any atom is 0.407 e. The van der Waals surface area contributed by atoms with Crippen LogP contribution in [-0.2, 0) is 4.74 Å². The lowest BCUT2D eigenvalue weighted by atomic mass is 9.96. The van der Waals surface area contributed by atoms with E-state index in [0.29, 0.717) is 18.7 Å². The summed E-state index contributed by atoms with van der Waals surface area (Å²) in [7, 11) is 0. The van der Waals surface area contributed by atoms with E-state index in [9.17, 15) is 15.0 Å². The Hall–Kier alpha value is -1.79. The van der Waals surface area contributed by atoms with Gasteiger partial charge in [0, 0.05) is 6.54 Å². The third kappa shape index (κ3) is 8.07. The van der Waals surface area contributed by atoms with Crippen LogP contribution in [0.15, 0.2) is 24.3 Å². The number of ether oxygens (including phenoxy) is 2. The summed E-state index contributed by atoms with van der Waals surface area (Å²) < 4.78 is 11.0. The maximum atomic E-state index is 11.7. The van der Waals surface area contributed by atoms with Gasteiger partial charge in [-0.25, -0.2) is 4.79 Å². The quantitative estimate of drug-likeness (QED) is 0.607. The number of aliphatic hydroxyl groups is 2. The number of aliphatic hydroxyl groups excluding tert-OH is 1. The molecule has 28 heavy (non-hydrogen) atoms. The third-order valence-electron chi connectivity index (χ3n) is 4.87. The van der Waals surface area contributed by atoms with E-state index in [4.69, 9.17) is 9.47 Å². The highest BCUT2D eigenvalue weighted by Crippen LogP contribution is 2.28. The molecular weight excluding hydrogens is 358 g/mol. The Bertz CT molecular complexity index is 618. The summed E-state index contributed by atoms with van der Waals surface area (Å²) in [5.41, 5.74) is -0.588. The molecule has 0 aliphatic heterocycles. The van der Waals surface area contributed by atoms with Crippen LogP contribution in [0.4, 0.5) is 4.79 Å². The molecule has 1 amide bonds. The highest BCUT2D eigenvalue weighted by atomic mass is 16.6. The van der Waals surface area contributed by atoms with Gasteiger partial charge in [-0.2, -0.15) is 0 Å². The normalized spacial score (nSPS) is 18.0. The zero-order valence-electron chi connectivity index (χ0n) is 17.4. The Labute approximate surface area is 168 Å². The molecule has 0 saturated heterocycles. The molecule has 0 aromatic heterocycles. The Morgan fingerprint density at radius 2 is 1.89 bits per heavy atom. The van der Waals surface area contributed by atoms with Gasteiger partial charge in [-0.05, 0) is 57.7 Å². The van der Waals surface area contributed by atoms with Gasteiger partial charge in [0.25, 0.3) is 0 Å². The number of carbonyl (C=O) groups is 1. The van der Waals surface area contributed by atoms with Crippen molar-refractivity contribution in [2.75, 3.05) is 13.2 Å². The van der Waals surface area contributed by atoms with Gasteiger partial charge >= 0.3 is 6.09 Å². The molecule has 0 bridgehead atoms. The SMILES string of the molecule is CC(C)(C)OC(=O)NCCC(O)c1cccc(OCC2(O)CCCCCC2)c1. The van der Waals surface area contributed by atoms with E-state index in [1.807, 2.05) is 18.2 Å². The van der Waals surface area contributed by atoms with Crippen molar-refractivity contribution in [3.05, 3.63) is 29.8 Å². The smallest absolute Gasteiger partial charge is 0.407 e. The first-order valence-corrected chi connectivity index (χ1v) is 10.3. The summed E-state index contributed by atoms with van der Waals surface area (Å²) in [6, 6.07) is 7.27. The van der Waals surface area contributed by atoms with Crippen LogP contribution in [-0.4, -0.2) is 40.7 Å². The second-order valence-corrected chi connectivity index (χ2v) is 8.73. The first-order valence-electron chi connectivity index (χ1n) is 10.3. The minimum atomic E-state index is -0.761. The van der Waals surface area contributed by atoms with E-state index in [0.717, 1.165) is 31.2 Å². The molecule has 0 spiro atoms. The highest BCUT2D eigenvalue weighted by molar-refractivity contribution is 5.67. The zero-order chi connectivity index (χ0) is 20.6. The maximum absolute atomic E-state index is 11.7. The van der Waals surface area contributed by atoms with Crippen molar-refractivity contribution >= 4 is 6.09 Å². The molecular formula is C22H35NO5. The van der Waals surface area contributed by atoms with Crippen molar-refractivity contribution in [1.29, 1.82) is 0 Å². The minimum absolute atomic E-state index is 0.271. The van der Waals surface area contributed by atoms with Crippen LogP contribution in [0.5, 0.6) is 5.75 Å². The van der Waals surface area contributed by atoms with Crippen LogP contribution in [0.25, 0.3) is 0 Å². The van der Waals surface area contributed by atoms with Crippen molar-refractivity contribution < 1.29 is 24.5 Å². The second-order valence-electron chi connectivity index (χ2n) is 8.73. The average molecular weight is 394 g/mol. The fourth-order valence-corrected chi connectivity index (χ4v) is 3.35. The molecule has 1 fully saturated rings. The van der Waals surface area contributed by atoms with E-state index < -0.39 is 23.4 Å². The van der Waals surface area contributed by atoms with Crippen LogP contribution >= 0.6 is 0 Å². The van der Waals surface area contributed by atoms with Crippen LogP contribution in [0.3, 0.4) is 0 Å². The number of rotatable bonds is 7. The molecule has 1 saturated carbocycles. The Balaban J connectivity index is 1.82. The molecule has 0 heterocycles. The molecule has 1 unspecified atom stereocenters. The van der Waals surface area contributed by atoms with E-state index in [2.05, 4.69) is 5.32 Å². The van der Waals surface area contributed by atoms with Gasteiger partial charge in [0.2, 0.25) is 0 Å². The predicted octanol–water partition coefficient (Wildman–Crippen LogP) is 4.10. The molecule has 2 rings (SSSR count). The van der Waals surface area contributed by atoms with E-state index in [1.165, 1.54) is 12.8 Å². The van der Waals surface area contributed by atoms with Crippen LogP contribution in [0, 0.1) is 0 Å². The van der Waals surface area contributed by atoms with Crippen LogP contribution < -0.4 is 10.1 Å². The van der Waals surface area contributed by atoms with Crippen molar-refractivity contribution in [2.24, 2.45) is 0 Å². The molecule has 158 valence electrons. The number of hydrogen-bond acceptors (Lipinski definition) is 5. The molecule has 1 atom stereocenters. The fourth-order valence-electron chi connectivity index (χ4n) is 3.35. The summed E-state index contributed by atoms with van der Waals surface area (Å²) in [6.07, 6.45) is 5.09. The van der Waals surface area contributed by atoms with Crippen molar-refractivity contribution in [3.63, 3.8) is 0 Å². The molecule has 1 aromatic carbocycles. The van der Waals surface area contributed by atoms with Gasteiger partial charge in [-0.1, -0.05) is 37.8 Å². The number of amides is 1. The molecule has 1 aliphatic carbocycles. The minimum Gasteiger partial charge on any atom is -0.491 e. The number of hydrogen-bond donors (Lipinski definition) is 3. The Kier molecular flexibility index (Phi) is 8.13. The van der Waals surface area contributed by atoms with Gasteiger partial charge < -0.3 is 25.0 Å². The zero-order valence-corrected chi connectivity index (χ0v) is 17.4. The van der Waals surface area contributed by atoms with Crippen molar-refractivity contribution in [2.45, 2.75) is 83.0 Å². The highest BCUT2D eigenvalue weighted by Gasteiger charge is 2.29. The van der Waals surface area contributed by atoms with Crippen LogP contribution in [0.2, 0.25) is 0 Å². The molecule has 1 aliphatic rings. The van der Waals surface area contributed by atoms with Gasteiger partial charge in [-0.3, -0.25) is 0 Å². The molecule has 0 radical (unpaired) electrons. The Morgan fingerprint density at radius 3 is 2.54 bits per heavy atom. The van der Waals surface area contributed by atoms with E-state index in [1.54, 1.807) is 26.8 Å². The van der Waals surface area contributed by atoms with Gasteiger partial charge in [0.05, 0.1) is 11.7 Å². The molecule has 6 heteroatoms. The summed E-state index contributed by atoms with van der Waals surface area (Å²) in [5, 5.41) is 23.8. The summed E-state index contributed by atoms with van der Waals surface area (Å²) in [5.74, 6) is 0.634. The molecule has 6 nitrogen and oxygen atoms in total.